The molecule has 1 aliphatic rings. The first-order chi connectivity index (χ1) is 12.2. The molecule has 1 fully saturated rings. The molecule has 6 nitrogen and oxygen atoms in total. The third kappa shape index (κ3) is 3.61. The molecule has 2 aromatic rings. The topological polar surface area (TPSA) is 64.4 Å². The molecule has 0 radical (unpaired) electrons. The van der Waals surface area contributed by atoms with E-state index >= 15 is 0 Å². The highest BCUT2D eigenvalue weighted by atomic mass is 19.1. The minimum Gasteiger partial charge on any atom is -0.444 e. The van der Waals surface area contributed by atoms with E-state index < -0.39 is 5.60 Å². The van der Waals surface area contributed by atoms with E-state index in [-0.39, 0.29) is 23.7 Å². The molecule has 26 heavy (non-hydrogen) atoms. The summed E-state index contributed by atoms with van der Waals surface area (Å²) in [4.78, 5) is 30.2. The van der Waals surface area contributed by atoms with E-state index in [4.69, 9.17) is 4.74 Å². The van der Waals surface area contributed by atoms with Gasteiger partial charge in [0.25, 0.3) is 0 Å². The summed E-state index contributed by atoms with van der Waals surface area (Å²) < 4.78 is 20.3. The number of ether oxygens (including phenoxy) is 1. The van der Waals surface area contributed by atoms with Gasteiger partial charge in [-0.3, -0.25) is 4.79 Å². The Labute approximate surface area is 151 Å². The van der Waals surface area contributed by atoms with Gasteiger partial charge in [0.2, 0.25) is 0 Å². The van der Waals surface area contributed by atoms with Gasteiger partial charge in [-0.2, -0.15) is 0 Å². The molecule has 2 heterocycles. The van der Waals surface area contributed by atoms with Crippen molar-refractivity contribution in [2.24, 2.45) is 0 Å². The lowest BCUT2D eigenvalue weighted by Gasteiger charge is -2.40. The van der Waals surface area contributed by atoms with Crippen LogP contribution in [0.1, 0.15) is 44.2 Å². The Morgan fingerprint density at radius 3 is 2.35 bits per heavy atom. The first-order valence-electron chi connectivity index (χ1n) is 8.47. The summed E-state index contributed by atoms with van der Waals surface area (Å²) in [6, 6.07) is 5.84. The van der Waals surface area contributed by atoms with Crippen molar-refractivity contribution in [1.29, 1.82) is 0 Å². The zero-order valence-electron chi connectivity index (χ0n) is 15.3. The van der Waals surface area contributed by atoms with E-state index in [1.165, 1.54) is 19.1 Å². The molecule has 0 atom stereocenters. The predicted molar refractivity (Wildman–Crippen MR) is 94.5 cm³/mol. The van der Waals surface area contributed by atoms with Crippen LogP contribution in [-0.2, 0) is 4.74 Å². The van der Waals surface area contributed by atoms with Gasteiger partial charge in [-0.05, 0) is 45.0 Å². The number of Topliss-reactive ketones (excluding diaryl/α,β-unsaturated/α-hetero) is 1. The maximum atomic E-state index is 13.2. The molecule has 1 saturated heterocycles. The lowest BCUT2D eigenvalue weighted by Crippen LogP contribution is -2.52. The van der Waals surface area contributed by atoms with Crippen molar-refractivity contribution in [3.8, 4) is 11.3 Å². The number of rotatable bonds is 3. The number of nitrogens with zero attached hydrogens (tertiary/aromatic N) is 3. The highest BCUT2D eigenvalue weighted by molar-refractivity contribution is 5.98. The van der Waals surface area contributed by atoms with Crippen LogP contribution in [0.2, 0.25) is 0 Å². The number of likely N-dealkylation sites (tertiary alicyclic amines) is 1. The summed E-state index contributed by atoms with van der Waals surface area (Å²) in [5, 5.41) is 0. The minimum absolute atomic E-state index is 0.0388. The second-order valence-electron chi connectivity index (χ2n) is 7.45. The second-order valence-corrected chi connectivity index (χ2v) is 7.45. The lowest BCUT2D eigenvalue weighted by molar-refractivity contribution is 0.000904. The summed E-state index contributed by atoms with van der Waals surface area (Å²) in [5.41, 5.74) is 1.12. The summed E-state index contributed by atoms with van der Waals surface area (Å²) in [5.74, 6) is -0.470. The van der Waals surface area contributed by atoms with Crippen molar-refractivity contribution in [1.82, 2.24) is 14.5 Å². The normalized spacial score (nSPS) is 14.9. The van der Waals surface area contributed by atoms with E-state index in [1.54, 1.807) is 27.9 Å². The predicted octanol–water partition coefficient (Wildman–Crippen LogP) is 3.68. The Morgan fingerprint density at radius 2 is 1.81 bits per heavy atom. The van der Waals surface area contributed by atoms with E-state index in [0.29, 0.717) is 30.0 Å². The van der Waals surface area contributed by atoms with Gasteiger partial charge < -0.3 is 14.2 Å². The molecule has 7 heteroatoms. The number of amides is 1. The van der Waals surface area contributed by atoms with Gasteiger partial charge in [-0.25, -0.2) is 14.2 Å². The van der Waals surface area contributed by atoms with Crippen LogP contribution in [0.4, 0.5) is 9.18 Å². The summed E-state index contributed by atoms with van der Waals surface area (Å²) >= 11 is 0. The molecule has 0 N–H and O–H groups in total. The maximum Gasteiger partial charge on any atom is 0.410 e. The van der Waals surface area contributed by atoms with Gasteiger partial charge in [0, 0.05) is 25.6 Å². The Bertz CT molecular complexity index is 831. The highest BCUT2D eigenvalue weighted by Crippen LogP contribution is 2.30. The number of ketones is 1. The molecule has 0 saturated carbocycles. The number of carbonyl (C=O) groups is 2. The average Bonchev–Trinajstić information content (AvgIpc) is 2.89. The van der Waals surface area contributed by atoms with E-state index in [0.717, 1.165) is 0 Å². The summed E-state index contributed by atoms with van der Waals surface area (Å²) in [6.07, 6.45) is 1.24. The third-order valence-electron chi connectivity index (χ3n) is 4.15. The number of carbonyl (C=O) groups excluding carboxylic acids is 2. The highest BCUT2D eigenvalue weighted by Gasteiger charge is 2.36. The van der Waals surface area contributed by atoms with Gasteiger partial charge in [-0.1, -0.05) is 0 Å². The molecular formula is C19H22FN3O3. The molecule has 1 aromatic heterocycles. The molecule has 1 aliphatic heterocycles. The molecule has 1 aromatic carbocycles. The molecule has 0 spiro atoms. The average molecular weight is 359 g/mol. The summed E-state index contributed by atoms with van der Waals surface area (Å²) in [6.45, 7) is 7.84. The Morgan fingerprint density at radius 1 is 1.19 bits per heavy atom. The molecular weight excluding hydrogens is 337 g/mol. The molecule has 138 valence electrons. The molecule has 3 rings (SSSR count). The van der Waals surface area contributed by atoms with E-state index in [1.807, 2.05) is 20.8 Å². The van der Waals surface area contributed by atoms with E-state index in [9.17, 15) is 14.0 Å². The summed E-state index contributed by atoms with van der Waals surface area (Å²) in [7, 11) is 0. The molecule has 0 aliphatic carbocycles. The largest absolute Gasteiger partial charge is 0.444 e. The number of benzene rings is 1. The molecule has 0 bridgehead atoms. The second kappa shape index (κ2) is 6.55. The van der Waals surface area contributed by atoms with Gasteiger partial charge in [0.1, 0.15) is 17.1 Å². The van der Waals surface area contributed by atoms with Gasteiger partial charge in [-0.15, -0.1) is 0 Å². The standard InChI is InChI=1S/C19H22FN3O3/c1-12(24)17-16(13-5-7-14(20)8-6-13)21-11-23(17)15-9-22(10-15)18(25)26-19(2,3)4/h5-8,11,15H,9-10H2,1-4H3. The van der Waals surface area contributed by atoms with Gasteiger partial charge in [0.05, 0.1) is 18.1 Å². The van der Waals surface area contributed by atoms with Crippen LogP contribution >= 0.6 is 0 Å². The van der Waals surface area contributed by atoms with Crippen molar-refractivity contribution in [3.05, 3.63) is 42.1 Å². The van der Waals surface area contributed by atoms with Crippen LogP contribution in [-0.4, -0.2) is 45.0 Å². The van der Waals surface area contributed by atoms with Gasteiger partial charge in [0.15, 0.2) is 5.78 Å². The monoisotopic (exact) mass is 359 g/mol. The first-order valence-corrected chi connectivity index (χ1v) is 8.47. The van der Waals surface area contributed by atoms with E-state index in [2.05, 4.69) is 4.98 Å². The fraction of sp³-hybridized carbons (Fsp3) is 0.421. The quantitative estimate of drug-likeness (QED) is 0.784. The fourth-order valence-electron chi connectivity index (χ4n) is 2.91. The number of hydrogen-bond acceptors (Lipinski definition) is 4. The van der Waals surface area contributed by atoms with Crippen molar-refractivity contribution in [2.75, 3.05) is 13.1 Å². The van der Waals surface area contributed by atoms with Crippen molar-refractivity contribution < 1.29 is 18.7 Å². The van der Waals surface area contributed by atoms with Crippen LogP contribution in [0.15, 0.2) is 30.6 Å². The minimum atomic E-state index is -0.544. The Hall–Kier alpha value is -2.70. The van der Waals surface area contributed by atoms with Crippen molar-refractivity contribution >= 4 is 11.9 Å². The lowest BCUT2D eigenvalue weighted by atomic mass is 10.1. The first kappa shape index (κ1) is 18.1. The Kier molecular flexibility index (Phi) is 4.56. The fourth-order valence-corrected chi connectivity index (χ4v) is 2.91. The van der Waals surface area contributed by atoms with Crippen molar-refractivity contribution in [3.63, 3.8) is 0 Å². The zero-order valence-corrected chi connectivity index (χ0v) is 15.3. The SMILES string of the molecule is CC(=O)c1c(-c2ccc(F)cc2)ncn1C1CN(C(=O)OC(C)(C)C)C1. The number of aromatic nitrogens is 2. The number of hydrogen-bond donors (Lipinski definition) is 0. The number of halogens is 1. The van der Waals surface area contributed by atoms with Crippen molar-refractivity contribution in [2.45, 2.75) is 39.3 Å². The van der Waals surface area contributed by atoms with Crippen LogP contribution in [0.3, 0.4) is 0 Å². The maximum absolute atomic E-state index is 13.2. The number of imidazole rings is 1. The van der Waals surface area contributed by atoms with Gasteiger partial charge >= 0.3 is 6.09 Å². The van der Waals surface area contributed by atoms with Crippen LogP contribution in [0, 0.1) is 5.82 Å². The molecule has 0 unspecified atom stereocenters. The molecule has 1 amide bonds. The smallest absolute Gasteiger partial charge is 0.410 e. The zero-order chi connectivity index (χ0) is 19.1. The van der Waals surface area contributed by atoms with Crippen LogP contribution in [0.5, 0.6) is 0 Å². The van der Waals surface area contributed by atoms with Crippen LogP contribution < -0.4 is 0 Å². The third-order valence-corrected chi connectivity index (χ3v) is 4.15. The van der Waals surface area contributed by atoms with Crippen LogP contribution in [0.25, 0.3) is 11.3 Å². The Balaban J connectivity index is 1.79.